The van der Waals surface area contributed by atoms with Gasteiger partial charge in [-0.25, -0.2) is 13.1 Å². The Morgan fingerprint density at radius 1 is 1.07 bits per heavy atom. The average molecular weight is 390 g/mol. The number of hydrogen-bond donors (Lipinski definition) is 2. The predicted octanol–water partition coefficient (Wildman–Crippen LogP) is 2.90. The van der Waals surface area contributed by atoms with Crippen LogP contribution in [-0.2, 0) is 20.4 Å². The number of rotatable bonds is 6. The summed E-state index contributed by atoms with van der Waals surface area (Å²) in [5.41, 5.74) is 1.40. The van der Waals surface area contributed by atoms with Crippen LogP contribution in [-0.4, -0.2) is 33.3 Å². The Morgan fingerprint density at radius 2 is 1.74 bits per heavy atom. The Morgan fingerprint density at radius 3 is 2.37 bits per heavy atom. The zero-order valence-electron chi connectivity index (χ0n) is 15.8. The van der Waals surface area contributed by atoms with E-state index in [0.29, 0.717) is 26.1 Å². The van der Waals surface area contributed by atoms with Crippen LogP contribution in [0.4, 0.5) is 0 Å². The Kier molecular flexibility index (Phi) is 6.01. The molecule has 6 heteroatoms. The molecular formula is C21H27NO4S. The van der Waals surface area contributed by atoms with Crippen LogP contribution in [0.3, 0.4) is 0 Å². The molecule has 27 heavy (non-hydrogen) atoms. The predicted molar refractivity (Wildman–Crippen MR) is 105 cm³/mol. The Bertz CT molecular complexity index is 876. The van der Waals surface area contributed by atoms with Crippen molar-refractivity contribution < 1.29 is 18.3 Å². The summed E-state index contributed by atoms with van der Waals surface area (Å²) in [5.74, 6) is -0.0731. The molecule has 0 aliphatic carbocycles. The summed E-state index contributed by atoms with van der Waals surface area (Å²) in [6.07, 6.45) is 1.38. The van der Waals surface area contributed by atoms with E-state index in [4.69, 9.17) is 4.74 Å². The van der Waals surface area contributed by atoms with Crippen LogP contribution in [0.15, 0.2) is 53.4 Å². The fourth-order valence-electron chi connectivity index (χ4n) is 3.55. The molecule has 146 valence electrons. The second kappa shape index (κ2) is 8.10. The van der Waals surface area contributed by atoms with Crippen molar-refractivity contribution in [1.29, 1.82) is 0 Å². The van der Waals surface area contributed by atoms with Gasteiger partial charge in [0.2, 0.25) is 10.0 Å². The van der Waals surface area contributed by atoms with E-state index in [0.717, 1.165) is 16.7 Å². The first-order valence-corrected chi connectivity index (χ1v) is 10.7. The standard InChI is InChI=1S/C21H27NO4S/c1-16-8-9-20(14-17(16)2)27(24,25)22-15-21(23,18-6-4-3-5-7-18)19-10-12-26-13-11-19/h3-9,14,19,22-23H,10-13,15H2,1-2H3. The molecule has 0 aromatic heterocycles. The summed E-state index contributed by atoms with van der Waals surface area (Å²) in [6.45, 7) is 4.90. The summed E-state index contributed by atoms with van der Waals surface area (Å²) in [7, 11) is -3.72. The maximum absolute atomic E-state index is 12.8. The van der Waals surface area contributed by atoms with Crippen molar-refractivity contribution in [2.24, 2.45) is 5.92 Å². The van der Waals surface area contributed by atoms with E-state index in [1.807, 2.05) is 44.2 Å². The van der Waals surface area contributed by atoms with Crippen molar-refractivity contribution in [3.8, 4) is 0 Å². The lowest BCUT2D eigenvalue weighted by atomic mass is 9.77. The minimum atomic E-state index is -3.72. The quantitative estimate of drug-likeness (QED) is 0.797. The number of aliphatic hydroxyl groups is 1. The highest BCUT2D eigenvalue weighted by Crippen LogP contribution is 2.36. The molecule has 0 saturated carbocycles. The molecule has 2 aromatic rings. The third-order valence-electron chi connectivity index (χ3n) is 5.49. The lowest BCUT2D eigenvalue weighted by Gasteiger charge is -2.39. The van der Waals surface area contributed by atoms with E-state index in [-0.39, 0.29) is 17.4 Å². The van der Waals surface area contributed by atoms with Crippen LogP contribution in [0.5, 0.6) is 0 Å². The minimum absolute atomic E-state index is 0.0725. The van der Waals surface area contributed by atoms with Gasteiger partial charge in [0.25, 0.3) is 0 Å². The Hall–Kier alpha value is -1.73. The normalized spacial score (nSPS) is 18.2. The summed E-state index contributed by atoms with van der Waals surface area (Å²) in [4.78, 5) is 0.216. The van der Waals surface area contributed by atoms with Gasteiger partial charge in [-0.1, -0.05) is 36.4 Å². The van der Waals surface area contributed by atoms with Gasteiger partial charge in [-0.05, 0) is 61.4 Å². The van der Waals surface area contributed by atoms with E-state index in [1.165, 1.54) is 0 Å². The third kappa shape index (κ3) is 4.41. The Labute approximate surface area is 161 Å². The second-order valence-corrected chi connectivity index (χ2v) is 9.01. The maximum atomic E-state index is 12.8. The van der Waals surface area contributed by atoms with Gasteiger partial charge in [-0.2, -0.15) is 0 Å². The zero-order valence-corrected chi connectivity index (χ0v) is 16.6. The molecular weight excluding hydrogens is 362 g/mol. The molecule has 2 N–H and O–H groups in total. The molecule has 5 nitrogen and oxygen atoms in total. The van der Waals surface area contributed by atoms with E-state index >= 15 is 0 Å². The second-order valence-electron chi connectivity index (χ2n) is 7.25. The van der Waals surface area contributed by atoms with E-state index in [9.17, 15) is 13.5 Å². The summed E-state index contributed by atoms with van der Waals surface area (Å²) in [5, 5.41) is 11.5. The van der Waals surface area contributed by atoms with Crippen molar-refractivity contribution in [3.63, 3.8) is 0 Å². The first kappa shape index (κ1) is 20.0. The molecule has 0 radical (unpaired) electrons. The highest BCUT2D eigenvalue weighted by molar-refractivity contribution is 7.89. The topological polar surface area (TPSA) is 75.6 Å². The number of sulfonamides is 1. The fraction of sp³-hybridized carbons (Fsp3) is 0.429. The minimum Gasteiger partial charge on any atom is -0.383 e. The van der Waals surface area contributed by atoms with Crippen molar-refractivity contribution in [3.05, 3.63) is 65.2 Å². The molecule has 0 spiro atoms. The van der Waals surface area contributed by atoms with Gasteiger partial charge in [-0.15, -0.1) is 0 Å². The molecule has 0 bridgehead atoms. The first-order chi connectivity index (χ1) is 12.8. The molecule has 1 fully saturated rings. The van der Waals surface area contributed by atoms with Crippen LogP contribution in [0, 0.1) is 19.8 Å². The SMILES string of the molecule is Cc1ccc(S(=O)(=O)NCC(O)(c2ccccc2)C2CCOCC2)cc1C. The van der Waals surface area contributed by atoms with Crippen LogP contribution in [0.25, 0.3) is 0 Å². The van der Waals surface area contributed by atoms with Crippen LogP contribution < -0.4 is 4.72 Å². The number of nitrogens with one attached hydrogen (secondary N) is 1. The molecule has 3 rings (SSSR count). The van der Waals surface area contributed by atoms with Crippen LogP contribution >= 0.6 is 0 Å². The summed E-state index contributed by atoms with van der Waals surface area (Å²) in [6, 6.07) is 14.3. The number of hydrogen-bond acceptors (Lipinski definition) is 4. The van der Waals surface area contributed by atoms with Crippen LogP contribution in [0.2, 0.25) is 0 Å². The van der Waals surface area contributed by atoms with Crippen LogP contribution in [0.1, 0.15) is 29.5 Å². The third-order valence-corrected chi connectivity index (χ3v) is 6.89. The van der Waals surface area contributed by atoms with Crippen molar-refractivity contribution in [2.45, 2.75) is 37.2 Å². The van der Waals surface area contributed by atoms with Gasteiger partial charge < -0.3 is 9.84 Å². The molecule has 0 amide bonds. The smallest absolute Gasteiger partial charge is 0.240 e. The molecule has 1 unspecified atom stereocenters. The van der Waals surface area contributed by atoms with Gasteiger partial charge in [-0.3, -0.25) is 0 Å². The molecule has 1 heterocycles. The molecule has 1 atom stereocenters. The Balaban J connectivity index is 1.87. The van der Waals surface area contributed by atoms with Gasteiger partial charge >= 0.3 is 0 Å². The van der Waals surface area contributed by atoms with Gasteiger partial charge in [0.1, 0.15) is 5.60 Å². The molecule has 1 saturated heterocycles. The zero-order chi connectivity index (χ0) is 19.5. The molecule has 2 aromatic carbocycles. The monoisotopic (exact) mass is 389 g/mol. The van der Waals surface area contributed by atoms with Gasteiger partial charge in [0.15, 0.2) is 0 Å². The fourth-order valence-corrected chi connectivity index (χ4v) is 4.71. The summed E-state index contributed by atoms with van der Waals surface area (Å²) >= 11 is 0. The van der Waals surface area contributed by atoms with Crippen molar-refractivity contribution in [1.82, 2.24) is 4.72 Å². The largest absolute Gasteiger partial charge is 0.383 e. The number of benzene rings is 2. The lowest BCUT2D eigenvalue weighted by Crippen LogP contribution is -2.47. The molecule has 1 aliphatic heterocycles. The van der Waals surface area contributed by atoms with Crippen molar-refractivity contribution >= 4 is 10.0 Å². The van der Waals surface area contributed by atoms with Gasteiger partial charge in [0.05, 0.1) is 4.90 Å². The van der Waals surface area contributed by atoms with E-state index in [1.54, 1.807) is 18.2 Å². The van der Waals surface area contributed by atoms with Crippen molar-refractivity contribution in [2.75, 3.05) is 19.8 Å². The van der Waals surface area contributed by atoms with E-state index in [2.05, 4.69) is 4.72 Å². The number of ether oxygens (including phenoxy) is 1. The summed E-state index contributed by atoms with van der Waals surface area (Å²) < 4.78 is 33.7. The lowest BCUT2D eigenvalue weighted by molar-refractivity contribution is -0.0663. The number of aryl methyl sites for hydroxylation is 2. The molecule has 1 aliphatic rings. The highest BCUT2D eigenvalue weighted by atomic mass is 32.2. The van der Waals surface area contributed by atoms with Gasteiger partial charge in [0, 0.05) is 19.8 Å². The highest BCUT2D eigenvalue weighted by Gasteiger charge is 2.40. The first-order valence-electron chi connectivity index (χ1n) is 9.25. The average Bonchev–Trinajstić information content (AvgIpc) is 2.69. The maximum Gasteiger partial charge on any atom is 0.240 e. The van der Waals surface area contributed by atoms with E-state index < -0.39 is 15.6 Å².